The van der Waals surface area contributed by atoms with Gasteiger partial charge in [0.2, 0.25) is 0 Å². The largest absolute Gasteiger partial charge is 0.493 e. The van der Waals surface area contributed by atoms with Gasteiger partial charge >= 0.3 is 5.97 Å². The Hall–Kier alpha value is -4.35. The van der Waals surface area contributed by atoms with Crippen LogP contribution in [0.4, 0.5) is 11.4 Å². The number of aliphatic hydroxyl groups is 1. The highest BCUT2D eigenvalue weighted by Gasteiger charge is 2.26. The lowest BCUT2D eigenvalue weighted by Crippen LogP contribution is -2.36. The molecule has 3 aromatic carbocycles. The summed E-state index contributed by atoms with van der Waals surface area (Å²) in [6.07, 6.45) is -0.213. The summed E-state index contributed by atoms with van der Waals surface area (Å²) in [5, 5.41) is 25.8. The van der Waals surface area contributed by atoms with Gasteiger partial charge in [-0.15, -0.1) is 0 Å². The van der Waals surface area contributed by atoms with E-state index in [4.69, 9.17) is 18.9 Å². The van der Waals surface area contributed by atoms with E-state index in [1.54, 1.807) is 47.1 Å². The van der Waals surface area contributed by atoms with Crippen molar-refractivity contribution in [3.63, 3.8) is 0 Å². The number of aryl methyl sites for hydroxylation is 1. The third-order valence-electron chi connectivity index (χ3n) is 6.84. The summed E-state index contributed by atoms with van der Waals surface area (Å²) in [7, 11) is 3.19. The van der Waals surface area contributed by atoms with Crippen LogP contribution in [0.5, 0.6) is 17.2 Å². The Labute approximate surface area is 252 Å². The van der Waals surface area contributed by atoms with E-state index in [1.165, 1.54) is 0 Å². The fourth-order valence-electron chi connectivity index (χ4n) is 4.65. The fourth-order valence-corrected chi connectivity index (χ4v) is 4.65. The second-order valence-corrected chi connectivity index (χ2v) is 10.1. The number of carbonyl (C=O) groups is 1. The van der Waals surface area contributed by atoms with Gasteiger partial charge in [0.05, 0.1) is 25.7 Å². The molecule has 0 aliphatic rings. The van der Waals surface area contributed by atoms with Crippen molar-refractivity contribution in [2.75, 3.05) is 45.8 Å². The Morgan fingerprint density at radius 2 is 1.72 bits per heavy atom. The van der Waals surface area contributed by atoms with Gasteiger partial charge in [-0.3, -0.25) is 15.0 Å². The number of hydrogen-bond donors (Lipinski definition) is 2. The number of esters is 1. The zero-order valence-electron chi connectivity index (χ0n) is 25.4. The van der Waals surface area contributed by atoms with Crippen molar-refractivity contribution in [2.45, 2.75) is 45.9 Å². The predicted molar refractivity (Wildman–Crippen MR) is 164 cm³/mol. The fraction of sp³-hybridized carbons (Fsp3) is 0.406. The molecule has 2 N–H and O–H groups in total. The first-order valence-electron chi connectivity index (χ1n) is 14.2. The van der Waals surface area contributed by atoms with Crippen molar-refractivity contribution in [1.29, 1.82) is 0 Å². The van der Waals surface area contributed by atoms with Gasteiger partial charge in [0, 0.05) is 25.2 Å². The average Bonchev–Trinajstić information content (AvgIpc) is 2.99. The molecular formula is C32H41N3O8. The zero-order chi connectivity index (χ0) is 31.4. The van der Waals surface area contributed by atoms with Crippen LogP contribution in [0.1, 0.15) is 30.5 Å². The molecule has 2 atom stereocenters. The number of nitro benzene ring substituents is 1. The zero-order valence-corrected chi connectivity index (χ0v) is 25.4. The van der Waals surface area contributed by atoms with Crippen LogP contribution in [0, 0.1) is 17.0 Å². The Bertz CT molecular complexity index is 1350. The lowest BCUT2D eigenvalue weighted by Gasteiger charge is -2.26. The van der Waals surface area contributed by atoms with Crippen molar-refractivity contribution < 1.29 is 33.8 Å². The number of methoxy groups -OCH3 is 2. The van der Waals surface area contributed by atoms with Gasteiger partial charge in [-0.2, -0.15) is 0 Å². The van der Waals surface area contributed by atoms with Crippen molar-refractivity contribution in [3.05, 3.63) is 87.5 Å². The number of rotatable bonds is 17. The summed E-state index contributed by atoms with van der Waals surface area (Å²) in [6.45, 7) is 6.45. The van der Waals surface area contributed by atoms with Crippen molar-refractivity contribution in [1.82, 2.24) is 4.90 Å². The van der Waals surface area contributed by atoms with Crippen LogP contribution < -0.4 is 19.5 Å². The number of benzene rings is 3. The Morgan fingerprint density at radius 3 is 2.37 bits per heavy atom. The van der Waals surface area contributed by atoms with Gasteiger partial charge in [-0.25, -0.2) is 4.79 Å². The van der Waals surface area contributed by atoms with E-state index in [0.717, 1.165) is 11.1 Å². The van der Waals surface area contributed by atoms with Crippen LogP contribution in [0.25, 0.3) is 0 Å². The van der Waals surface area contributed by atoms with E-state index in [2.05, 4.69) is 10.2 Å². The molecule has 3 aromatic rings. The first kappa shape index (κ1) is 33.2. The molecule has 0 radical (unpaired) electrons. The van der Waals surface area contributed by atoms with Gasteiger partial charge in [-0.05, 0) is 62.6 Å². The molecule has 43 heavy (non-hydrogen) atoms. The predicted octanol–water partition coefficient (Wildman–Crippen LogP) is 4.77. The molecule has 0 saturated heterocycles. The van der Waals surface area contributed by atoms with E-state index in [0.29, 0.717) is 36.6 Å². The quantitative estimate of drug-likeness (QED) is 0.128. The highest BCUT2D eigenvalue weighted by molar-refractivity contribution is 5.82. The van der Waals surface area contributed by atoms with E-state index in [-0.39, 0.29) is 36.9 Å². The van der Waals surface area contributed by atoms with Crippen molar-refractivity contribution in [3.8, 4) is 17.2 Å². The van der Waals surface area contributed by atoms with Crippen molar-refractivity contribution >= 4 is 17.3 Å². The maximum Gasteiger partial charge on any atom is 0.328 e. The molecule has 0 spiro atoms. The van der Waals surface area contributed by atoms with Gasteiger partial charge in [0.25, 0.3) is 5.69 Å². The lowest BCUT2D eigenvalue weighted by molar-refractivity contribution is -0.384. The molecule has 0 aromatic heterocycles. The highest BCUT2D eigenvalue weighted by atomic mass is 16.6. The topological polar surface area (TPSA) is 133 Å². The lowest BCUT2D eigenvalue weighted by atomic mass is 10.1. The summed E-state index contributed by atoms with van der Waals surface area (Å²) in [4.78, 5) is 25.8. The minimum atomic E-state index is -0.912. The summed E-state index contributed by atoms with van der Waals surface area (Å²) in [6, 6.07) is 18.1. The van der Waals surface area contributed by atoms with E-state index in [9.17, 15) is 20.0 Å². The number of ether oxygens (including phenoxy) is 4. The Morgan fingerprint density at radius 1 is 1.02 bits per heavy atom. The van der Waals surface area contributed by atoms with Crippen LogP contribution >= 0.6 is 0 Å². The molecule has 11 heteroatoms. The molecule has 0 amide bonds. The maximum absolute atomic E-state index is 12.2. The summed E-state index contributed by atoms with van der Waals surface area (Å²) >= 11 is 0. The van der Waals surface area contributed by atoms with E-state index in [1.807, 2.05) is 48.5 Å². The monoisotopic (exact) mass is 595 g/mol. The third kappa shape index (κ3) is 9.59. The second kappa shape index (κ2) is 16.3. The number of nitrogens with zero attached hydrogens (tertiary/aromatic N) is 2. The molecule has 232 valence electrons. The minimum absolute atomic E-state index is 0.0624. The molecule has 0 fully saturated rings. The van der Waals surface area contributed by atoms with Crippen LogP contribution in [-0.2, 0) is 22.5 Å². The smallest absolute Gasteiger partial charge is 0.328 e. The summed E-state index contributed by atoms with van der Waals surface area (Å²) in [5.41, 5.74) is 2.41. The number of nitro groups is 1. The summed E-state index contributed by atoms with van der Waals surface area (Å²) in [5.74, 6) is 0.918. The minimum Gasteiger partial charge on any atom is -0.493 e. The highest BCUT2D eigenvalue weighted by Crippen LogP contribution is 2.38. The second-order valence-electron chi connectivity index (χ2n) is 10.1. The Balaban J connectivity index is 1.75. The first-order valence-corrected chi connectivity index (χ1v) is 14.2. The maximum atomic E-state index is 12.2. The van der Waals surface area contributed by atoms with Gasteiger partial charge in [-0.1, -0.05) is 36.4 Å². The first-order chi connectivity index (χ1) is 20.7. The molecule has 3 rings (SSSR count). The SMILES string of the molecule is CCOC(=O)C(C)Nc1c(OCC(O)CN(CCc2ccc(OC)c(OC)c2)Cc2ccccc2)ccc(C)c1[N+](=O)[O-]. The van der Waals surface area contributed by atoms with E-state index < -0.39 is 23.0 Å². The van der Waals surface area contributed by atoms with Crippen LogP contribution in [0.15, 0.2) is 60.7 Å². The van der Waals surface area contributed by atoms with Gasteiger partial charge < -0.3 is 29.4 Å². The standard InChI is InChI=1S/C32H41N3O8/c1-6-42-32(37)23(3)33-30-28(14-12-22(2)31(30)35(38)39)43-21-26(36)20-34(19-25-10-8-7-9-11-25)17-16-24-13-15-27(40-4)29(18-24)41-5/h7-15,18,23,26,33,36H,6,16-17,19-21H2,1-5H3. The molecule has 0 heterocycles. The molecule has 0 aliphatic heterocycles. The number of aliphatic hydroxyl groups excluding tert-OH is 1. The van der Waals surface area contributed by atoms with Crippen LogP contribution in [-0.4, -0.2) is 73.6 Å². The summed E-state index contributed by atoms with van der Waals surface area (Å²) < 4.78 is 21.8. The molecule has 2 unspecified atom stereocenters. The van der Waals surface area contributed by atoms with Gasteiger partial charge in [0.1, 0.15) is 24.5 Å². The number of anilines is 1. The van der Waals surface area contributed by atoms with E-state index >= 15 is 0 Å². The molecule has 0 aliphatic carbocycles. The molecule has 0 saturated carbocycles. The Kier molecular flexibility index (Phi) is 12.6. The van der Waals surface area contributed by atoms with Crippen molar-refractivity contribution in [2.24, 2.45) is 0 Å². The number of hydrogen-bond acceptors (Lipinski definition) is 10. The third-order valence-corrected chi connectivity index (χ3v) is 6.84. The van der Waals surface area contributed by atoms with Crippen LogP contribution in [0.3, 0.4) is 0 Å². The molecular weight excluding hydrogens is 554 g/mol. The average molecular weight is 596 g/mol. The number of carbonyl (C=O) groups excluding carboxylic acids is 1. The van der Waals surface area contributed by atoms with Crippen LogP contribution in [0.2, 0.25) is 0 Å². The molecule has 0 bridgehead atoms. The van der Waals surface area contributed by atoms with Gasteiger partial charge in [0.15, 0.2) is 17.2 Å². The molecule has 11 nitrogen and oxygen atoms in total. The normalized spacial score (nSPS) is 12.3. The number of nitrogens with one attached hydrogen (secondary N) is 1.